The Morgan fingerprint density at radius 1 is 1.48 bits per heavy atom. The second kappa shape index (κ2) is 4.92. The van der Waals surface area contributed by atoms with Gasteiger partial charge in [-0.1, -0.05) is 6.07 Å². The summed E-state index contributed by atoms with van der Waals surface area (Å²) in [6.45, 7) is 3.00. The van der Waals surface area contributed by atoms with Gasteiger partial charge in [0, 0.05) is 11.1 Å². The summed E-state index contributed by atoms with van der Waals surface area (Å²) >= 11 is 0. The highest BCUT2D eigenvalue weighted by Crippen LogP contribution is 2.44. The number of carbonyl (C=O) groups is 2. The Balaban J connectivity index is 2.22. The molecule has 120 valence electrons. The number of fused-ring (bicyclic) bond motifs is 3. The fourth-order valence-electron chi connectivity index (χ4n) is 2.94. The molecule has 1 aromatic rings. The lowest BCUT2D eigenvalue weighted by Crippen LogP contribution is -2.31. The molecule has 0 aromatic heterocycles. The van der Waals surface area contributed by atoms with Crippen LogP contribution < -0.4 is 10.5 Å². The van der Waals surface area contributed by atoms with Crippen LogP contribution in [-0.4, -0.2) is 40.1 Å². The van der Waals surface area contributed by atoms with Crippen LogP contribution in [0.3, 0.4) is 0 Å². The number of primary amides is 1. The van der Waals surface area contributed by atoms with Gasteiger partial charge in [0.05, 0.1) is 5.41 Å². The predicted molar refractivity (Wildman–Crippen MR) is 81.1 cm³/mol. The Morgan fingerprint density at radius 2 is 2.17 bits per heavy atom. The Morgan fingerprint density at radius 3 is 2.83 bits per heavy atom. The first-order chi connectivity index (χ1) is 10.7. The molecule has 7 heteroatoms. The van der Waals surface area contributed by atoms with Crippen LogP contribution in [0.1, 0.15) is 29.8 Å². The summed E-state index contributed by atoms with van der Waals surface area (Å²) in [6.07, 6.45) is 0.0584. The lowest BCUT2D eigenvalue weighted by Gasteiger charge is -2.22. The van der Waals surface area contributed by atoms with Gasteiger partial charge in [0.25, 0.3) is 12.1 Å². The maximum Gasteiger partial charge on any atom is 0.275 e. The van der Waals surface area contributed by atoms with Crippen LogP contribution in [0, 0.1) is 10.6 Å². The van der Waals surface area contributed by atoms with E-state index in [1.165, 1.54) is 6.08 Å². The van der Waals surface area contributed by atoms with Crippen molar-refractivity contribution in [1.29, 1.82) is 0 Å². The Kier molecular flexibility index (Phi) is 3.26. The minimum absolute atomic E-state index is 0.192. The number of rotatable bonds is 3. The van der Waals surface area contributed by atoms with Crippen LogP contribution in [0.2, 0.25) is 0 Å². The van der Waals surface area contributed by atoms with Gasteiger partial charge in [0.15, 0.2) is 12.4 Å². The van der Waals surface area contributed by atoms with Crippen molar-refractivity contribution in [2.24, 2.45) is 11.1 Å². The summed E-state index contributed by atoms with van der Waals surface area (Å²) in [5, 5.41) is 22.6. The van der Waals surface area contributed by atoms with Gasteiger partial charge in [0.1, 0.15) is 11.3 Å². The van der Waals surface area contributed by atoms with Crippen LogP contribution in [0.4, 0.5) is 0 Å². The van der Waals surface area contributed by atoms with E-state index in [4.69, 9.17) is 10.5 Å². The average molecular weight is 316 g/mol. The predicted octanol–water partition coefficient (Wildman–Crippen LogP) is 0.331. The highest BCUT2D eigenvalue weighted by atomic mass is 16.5. The molecule has 1 amide bonds. The highest BCUT2D eigenvalue weighted by Gasteiger charge is 2.53. The van der Waals surface area contributed by atoms with E-state index >= 15 is 0 Å². The molecule has 7 nitrogen and oxygen atoms in total. The smallest absolute Gasteiger partial charge is 0.275 e. The summed E-state index contributed by atoms with van der Waals surface area (Å²) in [5.41, 5.74) is 5.40. The lowest BCUT2D eigenvalue weighted by atomic mass is 9.76. The number of ketones is 1. The molecular weight excluding hydrogens is 300 g/mol. The number of ether oxygens (including phenoxy) is 1. The van der Waals surface area contributed by atoms with Crippen molar-refractivity contribution >= 4 is 17.4 Å². The fraction of sp³-hybridized carbons (Fsp3) is 0.312. The third-order valence-electron chi connectivity index (χ3n) is 4.21. The van der Waals surface area contributed by atoms with Gasteiger partial charge in [-0.15, -0.1) is 0 Å². The Hall–Kier alpha value is -2.67. The molecule has 0 radical (unpaired) electrons. The minimum Gasteiger partial charge on any atom is -0.621 e. The average Bonchev–Trinajstić information content (AvgIpc) is 2.66. The van der Waals surface area contributed by atoms with E-state index in [-0.39, 0.29) is 35.0 Å². The van der Waals surface area contributed by atoms with E-state index < -0.39 is 17.6 Å². The molecule has 0 saturated carbocycles. The van der Waals surface area contributed by atoms with E-state index in [1.54, 1.807) is 32.0 Å². The van der Waals surface area contributed by atoms with Crippen LogP contribution in [0.5, 0.6) is 5.75 Å². The van der Waals surface area contributed by atoms with Gasteiger partial charge in [-0.25, -0.2) is 0 Å². The molecular formula is C16H16N2O5. The standard InChI is InChI=1S/C16H16N2O5/c1-16(2)9-6-10(19)8-4-3-5-11(23-7-12(17)20)13(8)14(9)18(22)15(16)21/h3-6,15,21H,7H2,1-2H3,(H2,17,20). The van der Waals surface area contributed by atoms with E-state index in [0.29, 0.717) is 10.3 Å². The zero-order chi connectivity index (χ0) is 16.9. The normalized spacial score (nSPS) is 21.6. The molecule has 3 rings (SSSR count). The summed E-state index contributed by atoms with van der Waals surface area (Å²) in [7, 11) is 0. The van der Waals surface area contributed by atoms with Crippen LogP contribution in [0.15, 0.2) is 29.8 Å². The molecule has 0 bridgehead atoms. The molecule has 0 saturated heterocycles. The largest absolute Gasteiger partial charge is 0.621 e. The van der Waals surface area contributed by atoms with Crippen molar-refractivity contribution in [1.82, 2.24) is 0 Å². The number of benzene rings is 1. The maximum absolute atomic E-state index is 12.4. The summed E-state index contributed by atoms with van der Waals surface area (Å²) in [5.74, 6) is -0.740. The Labute approximate surface area is 132 Å². The second-order valence-corrected chi connectivity index (χ2v) is 6.13. The number of hydroxylamine groups is 1. The van der Waals surface area contributed by atoms with E-state index in [1.807, 2.05) is 0 Å². The SMILES string of the molecule is CC1(C)C2=CC(=O)c3cccc(OCC(N)=O)c3C2=[N+]([O-])C1O. The topological polar surface area (TPSA) is 116 Å². The summed E-state index contributed by atoms with van der Waals surface area (Å²) < 4.78 is 5.83. The molecule has 0 fully saturated rings. The molecule has 23 heavy (non-hydrogen) atoms. The maximum atomic E-state index is 12.4. The molecule has 1 heterocycles. The quantitative estimate of drug-likeness (QED) is 0.616. The molecule has 1 unspecified atom stereocenters. The zero-order valence-corrected chi connectivity index (χ0v) is 12.7. The van der Waals surface area contributed by atoms with Gasteiger partial charge in [-0.2, -0.15) is 4.74 Å². The first-order valence-electron chi connectivity index (χ1n) is 7.08. The van der Waals surface area contributed by atoms with E-state index in [0.717, 1.165) is 0 Å². The highest BCUT2D eigenvalue weighted by molar-refractivity contribution is 6.27. The van der Waals surface area contributed by atoms with Gasteiger partial charge in [-0.3, -0.25) is 9.59 Å². The molecule has 0 spiro atoms. The van der Waals surface area contributed by atoms with Crippen molar-refractivity contribution in [2.75, 3.05) is 6.61 Å². The van der Waals surface area contributed by atoms with Crippen LogP contribution >= 0.6 is 0 Å². The number of nitrogens with zero attached hydrogens (tertiary/aromatic N) is 1. The number of hydrogen-bond donors (Lipinski definition) is 2. The third-order valence-corrected chi connectivity index (χ3v) is 4.21. The minimum atomic E-state index is -1.31. The zero-order valence-electron chi connectivity index (χ0n) is 12.7. The third kappa shape index (κ3) is 2.12. The number of aliphatic hydroxyl groups excluding tert-OH is 1. The monoisotopic (exact) mass is 316 g/mol. The van der Waals surface area contributed by atoms with Gasteiger partial charge < -0.3 is 20.8 Å². The van der Waals surface area contributed by atoms with Crippen molar-refractivity contribution in [3.8, 4) is 5.75 Å². The van der Waals surface area contributed by atoms with Crippen LogP contribution in [-0.2, 0) is 4.79 Å². The summed E-state index contributed by atoms with van der Waals surface area (Å²) in [4.78, 5) is 23.3. The number of hydrogen-bond acceptors (Lipinski definition) is 5. The van der Waals surface area contributed by atoms with Gasteiger partial charge in [0.2, 0.25) is 5.71 Å². The van der Waals surface area contributed by atoms with Crippen molar-refractivity contribution in [3.05, 3.63) is 46.2 Å². The molecule has 3 N–H and O–H groups in total. The first-order valence-corrected chi connectivity index (χ1v) is 7.08. The number of carbonyl (C=O) groups excluding carboxylic acids is 2. The molecule has 1 aliphatic carbocycles. The molecule has 1 atom stereocenters. The van der Waals surface area contributed by atoms with Crippen molar-refractivity contribution < 1.29 is 24.2 Å². The number of allylic oxidation sites excluding steroid dienone is 1. The Bertz CT molecular complexity index is 792. The van der Waals surface area contributed by atoms with Crippen molar-refractivity contribution in [2.45, 2.75) is 20.1 Å². The van der Waals surface area contributed by atoms with E-state index in [9.17, 15) is 19.9 Å². The number of amides is 1. The molecule has 1 aliphatic heterocycles. The second-order valence-electron chi connectivity index (χ2n) is 6.13. The van der Waals surface area contributed by atoms with E-state index in [2.05, 4.69) is 0 Å². The van der Waals surface area contributed by atoms with Gasteiger partial charge in [-0.05, 0) is 32.1 Å². The first kappa shape index (κ1) is 15.2. The van der Waals surface area contributed by atoms with Gasteiger partial charge >= 0.3 is 0 Å². The van der Waals surface area contributed by atoms with Crippen LogP contribution in [0.25, 0.3) is 0 Å². The lowest BCUT2D eigenvalue weighted by molar-refractivity contribution is -0.557. The molecule has 2 aliphatic rings. The van der Waals surface area contributed by atoms with Crippen molar-refractivity contribution in [3.63, 3.8) is 0 Å². The fourth-order valence-corrected chi connectivity index (χ4v) is 2.94. The molecule has 1 aromatic carbocycles. The number of aliphatic hydroxyl groups is 1. The summed E-state index contributed by atoms with van der Waals surface area (Å²) in [6, 6.07) is 4.72. The number of nitrogens with two attached hydrogens (primary N) is 1.